The van der Waals surface area contributed by atoms with Gasteiger partial charge in [-0.1, -0.05) is 19.0 Å². The first-order chi connectivity index (χ1) is 12.2. The van der Waals surface area contributed by atoms with E-state index in [4.69, 9.17) is 4.52 Å². The Morgan fingerprint density at radius 2 is 2.00 bits per heavy atom. The highest BCUT2D eigenvalue weighted by Crippen LogP contribution is 2.22. The average molecular weight is 477 g/mol. The molecule has 0 amide bonds. The van der Waals surface area contributed by atoms with E-state index in [-0.39, 0.29) is 24.0 Å². The molecule has 7 heteroatoms. The van der Waals surface area contributed by atoms with Crippen LogP contribution in [0.2, 0.25) is 0 Å². The third kappa shape index (κ3) is 7.42. The number of nitrogens with zero attached hydrogens (tertiary/aromatic N) is 3. The van der Waals surface area contributed by atoms with Crippen molar-refractivity contribution in [3.05, 3.63) is 17.5 Å². The Bertz CT molecular complexity index is 522. The largest absolute Gasteiger partial charge is 0.359 e. The van der Waals surface area contributed by atoms with Crippen LogP contribution in [0.15, 0.2) is 15.6 Å². The number of aromatic nitrogens is 1. The standard InChI is InChI=1S/C19H35N5O.HI/c1-5-16(6-2)18-13-17(25-23-18)14-22-19(20-3)21-10-7-15-8-11-24(4)12-9-15;/h13,15-16H,5-12,14H2,1-4H3,(H2,20,21,22);1H. The van der Waals surface area contributed by atoms with Crippen molar-refractivity contribution < 1.29 is 4.52 Å². The summed E-state index contributed by atoms with van der Waals surface area (Å²) in [6.45, 7) is 8.40. The Morgan fingerprint density at radius 1 is 1.31 bits per heavy atom. The van der Waals surface area contributed by atoms with Crippen molar-refractivity contribution in [2.45, 2.75) is 58.4 Å². The Labute approximate surface area is 175 Å². The molecular formula is C19H36IN5O. The number of piperidine rings is 1. The van der Waals surface area contributed by atoms with Gasteiger partial charge in [0.2, 0.25) is 0 Å². The van der Waals surface area contributed by atoms with Gasteiger partial charge in [0.05, 0.1) is 12.2 Å². The second-order valence-electron chi connectivity index (χ2n) is 7.12. The molecule has 1 aromatic rings. The number of hydrogen-bond acceptors (Lipinski definition) is 4. The van der Waals surface area contributed by atoms with Gasteiger partial charge in [-0.15, -0.1) is 24.0 Å². The van der Waals surface area contributed by atoms with E-state index in [2.05, 4.69) is 52.6 Å². The van der Waals surface area contributed by atoms with Crippen molar-refractivity contribution >= 4 is 29.9 Å². The fourth-order valence-corrected chi connectivity index (χ4v) is 3.45. The van der Waals surface area contributed by atoms with Crippen LogP contribution in [0.1, 0.15) is 63.3 Å². The van der Waals surface area contributed by atoms with Gasteiger partial charge < -0.3 is 20.1 Å². The third-order valence-electron chi connectivity index (χ3n) is 5.32. The molecule has 0 spiro atoms. The van der Waals surface area contributed by atoms with Crippen LogP contribution in [0, 0.1) is 5.92 Å². The zero-order valence-electron chi connectivity index (χ0n) is 16.8. The predicted octanol–water partition coefficient (Wildman–Crippen LogP) is 3.59. The van der Waals surface area contributed by atoms with Crippen LogP contribution in [-0.2, 0) is 6.54 Å². The molecule has 0 bridgehead atoms. The highest BCUT2D eigenvalue weighted by atomic mass is 127. The van der Waals surface area contributed by atoms with Crippen LogP contribution in [0.5, 0.6) is 0 Å². The van der Waals surface area contributed by atoms with E-state index < -0.39 is 0 Å². The Hall–Kier alpha value is -0.830. The summed E-state index contributed by atoms with van der Waals surface area (Å²) in [6, 6.07) is 2.07. The Morgan fingerprint density at radius 3 is 2.62 bits per heavy atom. The molecule has 2 heterocycles. The van der Waals surface area contributed by atoms with Crippen LogP contribution >= 0.6 is 24.0 Å². The van der Waals surface area contributed by atoms with Crippen molar-refractivity contribution in [2.75, 3.05) is 33.7 Å². The van der Waals surface area contributed by atoms with Gasteiger partial charge in [0.1, 0.15) is 0 Å². The molecule has 1 fully saturated rings. The summed E-state index contributed by atoms with van der Waals surface area (Å²) in [7, 11) is 4.01. The Kier molecular flexibility index (Phi) is 11.2. The smallest absolute Gasteiger partial charge is 0.191 e. The normalized spacial score (nSPS) is 16.6. The number of rotatable bonds is 8. The molecule has 1 aliphatic heterocycles. The SMILES string of the molecule is CCC(CC)c1cc(CNC(=NC)NCCC2CCN(C)CC2)on1.I. The molecule has 1 aliphatic rings. The van der Waals surface area contributed by atoms with Crippen LogP contribution < -0.4 is 10.6 Å². The third-order valence-corrected chi connectivity index (χ3v) is 5.32. The maximum Gasteiger partial charge on any atom is 0.191 e. The van der Waals surface area contributed by atoms with Gasteiger partial charge in [-0.3, -0.25) is 4.99 Å². The molecule has 0 aromatic carbocycles. The van der Waals surface area contributed by atoms with Crippen molar-refractivity contribution in [3.63, 3.8) is 0 Å². The lowest BCUT2D eigenvalue weighted by Crippen LogP contribution is -2.38. The maximum atomic E-state index is 5.45. The summed E-state index contributed by atoms with van der Waals surface area (Å²) in [5.74, 6) is 3.01. The highest BCUT2D eigenvalue weighted by Gasteiger charge is 2.16. The molecule has 1 aromatic heterocycles. The minimum atomic E-state index is 0. The molecule has 2 rings (SSSR count). The predicted molar refractivity (Wildman–Crippen MR) is 118 cm³/mol. The van der Waals surface area contributed by atoms with Crippen molar-refractivity contribution in [1.82, 2.24) is 20.7 Å². The zero-order valence-corrected chi connectivity index (χ0v) is 19.1. The van der Waals surface area contributed by atoms with Crippen molar-refractivity contribution in [2.24, 2.45) is 10.9 Å². The van der Waals surface area contributed by atoms with E-state index in [0.29, 0.717) is 12.5 Å². The fraction of sp³-hybridized carbons (Fsp3) is 0.789. The molecule has 26 heavy (non-hydrogen) atoms. The minimum Gasteiger partial charge on any atom is -0.359 e. The second kappa shape index (κ2) is 12.5. The van der Waals surface area contributed by atoms with Gasteiger partial charge >= 0.3 is 0 Å². The number of nitrogens with one attached hydrogen (secondary N) is 2. The first kappa shape index (κ1) is 23.2. The fourth-order valence-electron chi connectivity index (χ4n) is 3.45. The van der Waals surface area contributed by atoms with Gasteiger partial charge in [-0.05, 0) is 58.2 Å². The summed E-state index contributed by atoms with van der Waals surface area (Å²) in [5.41, 5.74) is 1.06. The van der Waals surface area contributed by atoms with E-state index in [1.807, 2.05) is 0 Å². The monoisotopic (exact) mass is 477 g/mol. The quantitative estimate of drug-likeness (QED) is 0.341. The van der Waals surface area contributed by atoms with E-state index in [0.717, 1.165) is 42.7 Å². The van der Waals surface area contributed by atoms with Gasteiger partial charge in [0.15, 0.2) is 11.7 Å². The van der Waals surface area contributed by atoms with Crippen LogP contribution in [0.4, 0.5) is 0 Å². The van der Waals surface area contributed by atoms with E-state index in [1.54, 1.807) is 7.05 Å². The summed E-state index contributed by atoms with van der Waals surface area (Å²) >= 11 is 0. The number of likely N-dealkylation sites (tertiary alicyclic amines) is 1. The van der Waals surface area contributed by atoms with Crippen molar-refractivity contribution in [3.8, 4) is 0 Å². The first-order valence-corrected chi connectivity index (χ1v) is 9.74. The Balaban J connectivity index is 0.00000338. The zero-order chi connectivity index (χ0) is 18.1. The van der Waals surface area contributed by atoms with Gasteiger partial charge in [0.25, 0.3) is 0 Å². The van der Waals surface area contributed by atoms with Gasteiger partial charge in [-0.2, -0.15) is 0 Å². The highest BCUT2D eigenvalue weighted by molar-refractivity contribution is 14.0. The average Bonchev–Trinajstić information content (AvgIpc) is 3.09. The van der Waals surface area contributed by atoms with E-state index in [9.17, 15) is 0 Å². The lowest BCUT2D eigenvalue weighted by molar-refractivity contribution is 0.213. The number of guanidine groups is 1. The molecule has 6 nitrogen and oxygen atoms in total. The summed E-state index contributed by atoms with van der Waals surface area (Å²) < 4.78 is 5.45. The molecule has 1 saturated heterocycles. The minimum absolute atomic E-state index is 0. The molecule has 0 aliphatic carbocycles. The van der Waals surface area contributed by atoms with Gasteiger partial charge in [-0.25, -0.2) is 0 Å². The van der Waals surface area contributed by atoms with Crippen LogP contribution in [0.25, 0.3) is 0 Å². The summed E-state index contributed by atoms with van der Waals surface area (Å²) in [5, 5.41) is 10.9. The molecule has 0 saturated carbocycles. The summed E-state index contributed by atoms with van der Waals surface area (Å²) in [6.07, 6.45) is 6.00. The second-order valence-corrected chi connectivity index (χ2v) is 7.12. The van der Waals surface area contributed by atoms with E-state index in [1.165, 1.54) is 32.4 Å². The lowest BCUT2D eigenvalue weighted by atomic mass is 9.94. The molecule has 150 valence electrons. The lowest BCUT2D eigenvalue weighted by Gasteiger charge is -2.29. The molecule has 2 N–H and O–H groups in total. The first-order valence-electron chi connectivity index (χ1n) is 9.74. The topological polar surface area (TPSA) is 65.7 Å². The number of aliphatic imine (C=N–C) groups is 1. The van der Waals surface area contributed by atoms with E-state index >= 15 is 0 Å². The van der Waals surface area contributed by atoms with Crippen molar-refractivity contribution in [1.29, 1.82) is 0 Å². The molecule has 0 unspecified atom stereocenters. The van der Waals surface area contributed by atoms with Gasteiger partial charge in [0, 0.05) is 25.6 Å². The molecule has 0 radical (unpaired) electrons. The molecular weight excluding hydrogens is 441 g/mol. The maximum absolute atomic E-state index is 5.45. The number of halogens is 1. The van der Waals surface area contributed by atoms with Crippen LogP contribution in [-0.4, -0.2) is 49.7 Å². The summed E-state index contributed by atoms with van der Waals surface area (Å²) in [4.78, 5) is 6.71. The van der Waals surface area contributed by atoms with Crippen LogP contribution in [0.3, 0.4) is 0 Å². The number of hydrogen-bond donors (Lipinski definition) is 2. The molecule has 0 atom stereocenters.